The zero-order valence-corrected chi connectivity index (χ0v) is 34.8. The molecule has 5 N–H and O–H groups in total. The highest BCUT2D eigenvalue weighted by Gasteiger charge is 2.78. The second kappa shape index (κ2) is 15.1. The van der Waals surface area contributed by atoms with Gasteiger partial charge in [0.25, 0.3) is 0 Å². The fourth-order valence-electron chi connectivity index (χ4n) is 9.76. The zero-order valence-electron chi connectivity index (χ0n) is 34.8. The van der Waals surface area contributed by atoms with Gasteiger partial charge in [-0.3, -0.25) is 9.59 Å². The van der Waals surface area contributed by atoms with Gasteiger partial charge < -0.3 is 49.4 Å². The summed E-state index contributed by atoms with van der Waals surface area (Å²) in [7, 11) is 0. The first-order valence-electron chi connectivity index (χ1n) is 19.7. The Morgan fingerprint density at radius 2 is 1.53 bits per heavy atom. The molecule has 59 heavy (non-hydrogen) atoms. The minimum Gasteiger partial charge on any atom is -0.456 e. The van der Waals surface area contributed by atoms with Crippen LogP contribution in [0.3, 0.4) is 0 Å². The lowest BCUT2D eigenvalue weighted by molar-refractivity contribution is -0.346. The van der Waals surface area contributed by atoms with Gasteiger partial charge in [0.15, 0.2) is 17.0 Å². The molecule has 3 fully saturated rings. The summed E-state index contributed by atoms with van der Waals surface area (Å²) < 4.78 is 29.7. The first kappa shape index (κ1) is 43.9. The van der Waals surface area contributed by atoms with Crippen molar-refractivity contribution in [3.63, 3.8) is 0 Å². The average molecular weight is 822 g/mol. The molecule has 2 aromatic rings. The summed E-state index contributed by atoms with van der Waals surface area (Å²) in [6.07, 6.45) is -9.51. The highest BCUT2D eigenvalue weighted by Crippen LogP contribution is 2.64. The number of hydrogen-bond donors (Lipinski definition) is 5. The average Bonchev–Trinajstić information content (AvgIpc) is 3.15. The monoisotopic (exact) mass is 821 g/mol. The number of esters is 3. The van der Waals surface area contributed by atoms with Crippen molar-refractivity contribution in [3.8, 4) is 0 Å². The minimum atomic E-state index is -2.50. The van der Waals surface area contributed by atoms with Crippen LogP contribution in [0.2, 0.25) is 0 Å². The van der Waals surface area contributed by atoms with Crippen LogP contribution in [0.15, 0.2) is 71.8 Å². The van der Waals surface area contributed by atoms with Crippen molar-refractivity contribution < 1.29 is 68.1 Å². The molecule has 3 aliphatic carbocycles. The minimum absolute atomic E-state index is 0.0682. The van der Waals surface area contributed by atoms with Crippen LogP contribution in [-0.2, 0) is 38.1 Å². The number of fused-ring (bicyclic) bond motifs is 5. The van der Waals surface area contributed by atoms with Gasteiger partial charge >= 0.3 is 24.0 Å². The predicted molar refractivity (Wildman–Crippen MR) is 208 cm³/mol. The van der Waals surface area contributed by atoms with Crippen molar-refractivity contribution in [2.45, 2.75) is 134 Å². The number of aliphatic hydroxyl groups is 4. The summed E-state index contributed by atoms with van der Waals surface area (Å²) in [5.74, 6) is -5.39. The Labute approximate surface area is 343 Å². The zero-order chi connectivity index (χ0) is 43.7. The second-order valence-corrected chi connectivity index (χ2v) is 18.2. The molecule has 0 spiro atoms. The summed E-state index contributed by atoms with van der Waals surface area (Å²) in [5, 5.41) is 52.2. The molecule has 2 bridgehead atoms. The smallest absolute Gasteiger partial charge is 0.408 e. The van der Waals surface area contributed by atoms with E-state index in [1.165, 1.54) is 26.0 Å². The largest absolute Gasteiger partial charge is 0.456 e. The molecule has 320 valence electrons. The van der Waals surface area contributed by atoms with Crippen LogP contribution in [0.4, 0.5) is 4.79 Å². The lowest BCUT2D eigenvalue weighted by atomic mass is 9.44. The maximum absolute atomic E-state index is 15.0. The van der Waals surface area contributed by atoms with E-state index in [2.05, 4.69) is 5.32 Å². The Kier molecular flexibility index (Phi) is 11.2. The van der Waals surface area contributed by atoms with E-state index in [4.69, 9.17) is 23.7 Å². The molecule has 0 aromatic heterocycles. The van der Waals surface area contributed by atoms with Crippen molar-refractivity contribution >= 4 is 29.8 Å². The second-order valence-electron chi connectivity index (χ2n) is 18.2. The van der Waals surface area contributed by atoms with Crippen LogP contribution >= 0.6 is 0 Å². The van der Waals surface area contributed by atoms with Crippen molar-refractivity contribution in [2.75, 3.05) is 6.61 Å². The van der Waals surface area contributed by atoms with Crippen LogP contribution in [-0.4, -0.2) is 110 Å². The number of nitrogens with one attached hydrogen (secondary N) is 1. The number of benzene rings is 2. The van der Waals surface area contributed by atoms with Gasteiger partial charge in [-0.1, -0.05) is 62.4 Å². The molecule has 1 saturated heterocycles. The topological polar surface area (TPSA) is 224 Å². The first-order valence-corrected chi connectivity index (χ1v) is 19.7. The predicted octanol–water partition coefficient (Wildman–Crippen LogP) is 3.65. The quantitative estimate of drug-likeness (QED) is 0.146. The molecule has 6 rings (SSSR count). The van der Waals surface area contributed by atoms with E-state index in [9.17, 15) is 44.4 Å². The molecule has 1 amide bonds. The molecule has 2 saturated carbocycles. The molecule has 1 aliphatic heterocycles. The third-order valence-corrected chi connectivity index (χ3v) is 12.9. The van der Waals surface area contributed by atoms with Gasteiger partial charge in [0.2, 0.25) is 0 Å². The lowest BCUT2D eigenvalue weighted by Gasteiger charge is -2.67. The molecule has 0 radical (unpaired) electrons. The van der Waals surface area contributed by atoms with Crippen LogP contribution in [0.25, 0.3) is 0 Å². The van der Waals surface area contributed by atoms with Gasteiger partial charge in [-0.15, -0.1) is 0 Å². The number of rotatable bonds is 8. The molecular weight excluding hydrogens is 766 g/mol. The van der Waals surface area contributed by atoms with Gasteiger partial charge in [-0.25, -0.2) is 14.4 Å². The van der Waals surface area contributed by atoms with Crippen LogP contribution in [0.1, 0.15) is 97.1 Å². The van der Waals surface area contributed by atoms with Gasteiger partial charge in [0.1, 0.15) is 35.6 Å². The Bertz CT molecular complexity index is 2020. The molecule has 11 atom stereocenters. The number of hydrogen-bond acceptors (Lipinski definition) is 14. The van der Waals surface area contributed by atoms with Crippen molar-refractivity contribution in [2.24, 2.45) is 16.7 Å². The standard InChI is InChI=1S/C44H55NO14/c1-23-27(56-37(51)42(9,53)33(25-16-12-10-13-17-25)45-38(52)59-39(3,4)5)21-44(54)35(57-36(50)26-18-14-11-15-19-26)32-41(8,34(49)31(48)30(23)40(44,6)7)28(47)20-29-43(32,22-55-29)58-24(2)46/h10-19,27-29,31-33,35,47-48,53-54H,20-22H2,1-9H3,(H,45,52)/t27-,28-,29+,31+,32-,33+,35-,41+,42-,43-,44-/m0/s1. The van der Waals surface area contributed by atoms with E-state index in [-0.39, 0.29) is 29.7 Å². The summed E-state index contributed by atoms with van der Waals surface area (Å²) in [6.45, 7) is 12.9. The maximum Gasteiger partial charge on any atom is 0.408 e. The Balaban J connectivity index is 1.51. The van der Waals surface area contributed by atoms with Crippen molar-refractivity contribution in [1.82, 2.24) is 5.32 Å². The van der Waals surface area contributed by atoms with Crippen molar-refractivity contribution in [3.05, 3.63) is 82.9 Å². The third kappa shape index (κ3) is 7.24. The van der Waals surface area contributed by atoms with E-state index in [0.29, 0.717) is 5.56 Å². The number of carbonyl (C=O) groups excluding carboxylic acids is 5. The molecular formula is C44H55NO14. The number of ether oxygens (including phenoxy) is 5. The third-order valence-electron chi connectivity index (χ3n) is 12.9. The number of amides is 1. The van der Waals surface area contributed by atoms with Crippen molar-refractivity contribution in [1.29, 1.82) is 0 Å². The van der Waals surface area contributed by atoms with E-state index >= 15 is 0 Å². The van der Waals surface area contributed by atoms with Crippen LogP contribution in [0.5, 0.6) is 0 Å². The normalized spacial score (nSPS) is 33.9. The number of carbonyl (C=O) groups is 5. The van der Waals surface area contributed by atoms with E-state index in [1.54, 1.807) is 83.1 Å². The molecule has 1 heterocycles. The molecule has 15 nitrogen and oxygen atoms in total. The summed E-state index contributed by atoms with van der Waals surface area (Å²) >= 11 is 0. The molecule has 2 aromatic carbocycles. The molecule has 0 unspecified atom stereocenters. The summed E-state index contributed by atoms with van der Waals surface area (Å²) in [5.41, 5.74) is -10.7. The maximum atomic E-state index is 15.0. The van der Waals surface area contributed by atoms with Gasteiger partial charge in [-0.2, -0.15) is 0 Å². The Morgan fingerprint density at radius 3 is 2.07 bits per heavy atom. The van der Waals surface area contributed by atoms with E-state index < -0.39 is 112 Å². The summed E-state index contributed by atoms with van der Waals surface area (Å²) in [6, 6.07) is 14.6. The fourth-order valence-corrected chi connectivity index (χ4v) is 9.76. The molecule has 4 aliphatic rings. The number of ketones is 1. The number of Topliss-reactive ketones (excluding diaryl/α,β-unsaturated/α-hetero) is 1. The van der Waals surface area contributed by atoms with E-state index in [1.807, 2.05) is 0 Å². The fraction of sp³-hybridized carbons (Fsp3) is 0.568. The first-order chi connectivity index (χ1) is 27.3. The Hall–Kier alpha value is -4.67. The van der Waals surface area contributed by atoms with E-state index in [0.717, 1.165) is 13.8 Å². The van der Waals surface area contributed by atoms with Crippen LogP contribution < -0.4 is 5.32 Å². The summed E-state index contributed by atoms with van der Waals surface area (Å²) in [4.78, 5) is 69.5. The lowest BCUT2D eigenvalue weighted by Crippen LogP contribution is -2.81. The highest BCUT2D eigenvalue weighted by molar-refractivity contribution is 5.94. The SMILES string of the molecule is CC(=O)O[C@@]12CO[C@@H]1C[C@H](O)[C@@]1(C)C(=O)[C@H](O)C3=C(C)[C@@H](OC(=O)[C@@](C)(O)[C@H](NC(=O)OC(C)(C)C)c4ccccc4)C[C@](O)([C@@H](OC(=O)c4ccccc4)[C@H]21)C3(C)C. The van der Waals surface area contributed by atoms with Gasteiger partial charge in [-0.05, 0) is 70.4 Å². The van der Waals surface area contributed by atoms with Gasteiger partial charge in [0, 0.05) is 25.2 Å². The molecule has 15 heteroatoms. The number of aliphatic hydroxyl groups excluding tert-OH is 2. The van der Waals surface area contributed by atoms with Gasteiger partial charge in [0.05, 0.1) is 35.6 Å². The Morgan fingerprint density at radius 1 is 0.932 bits per heavy atom. The van der Waals surface area contributed by atoms with Crippen LogP contribution in [0, 0.1) is 16.7 Å². The highest BCUT2D eigenvalue weighted by atomic mass is 16.6. The number of alkyl carbamates (subject to hydrolysis) is 1.